The number of rotatable bonds is 9. The molecular formula is C28H30N4O2S2. The van der Waals surface area contributed by atoms with Crippen molar-refractivity contribution >= 4 is 40.5 Å². The predicted octanol–water partition coefficient (Wildman–Crippen LogP) is 5.64. The molecule has 1 atom stereocenters. The summed E-state index contributed by atoms with van der Waals surface area (Å²) in [6.07, 6.45) is 2.81. The lowest BCUT2D eigenvalue weighted by Gasteiger charge is -2.34. The summed E-state index contributed by atoms with van der Waals surface area (Å²) in [7, 11) is 0. The Balaban J connectivity index is 1.27. The Kier molecular flexibility index (Phi) is 7.94. The van der Waals surface area contributed by atoms with E-state index in [4.69, 9.17) is 4.74 Å². The van der Waals surface area contributed by atoms with Crippen molar-refractivity contribution in [1.29, 1.82) is 0 Å². The van der Waals surface area contributed by atoms with Gasteiger partial charge in [0.15, 0.2) is 5.16 Å². The van der Waals surface area contributed by atoms with Gasteiger partial charge in [-0.1, -0.05) is 48.2 Å². The van der Waals surface area contributed by atoms with Crippen molar-refractivity contribution in [2.75, 3.05) is 18.9 Å². The first kappa shape index (κ1) is 24.9. The number of H-pyrrole nitrogens is 1. The highest BCUT2D eigenvalue weighted by Gasteiger charge is 2.30. The SMILES string of the molecule is CCOC(=O)C(CSc1ccnc(CSc2nc3ccccc3[nH]2)c1C)N1CCc2ccccc2C1. The predicted molar refractivity (Wildman–Crippen MR) is 146 cm³/mol. The molecular weight excluding hydrogens is 488 g/mol. The summed E-state index contributed by atoms with van der Waals surface area (Å²) in [6.45, 7) is 6.00. The average molecular weight is 519 g/mol. The second-order valence-corrected chi connectivity index (χ2v) is 10.8. The number of esters is 1. The summed E-state index contributed by atoms with van der Waals surface area (Å²) in [4.78, 5) is 29.0. The fraction of sp³-hybridized carbons (Fsp3) is 0.321. The number of aromatic amines is 1. The number of aromatic nitrogens is 3. The summed E-state index contributed by atoms with van der Waals surface area (Å²) >= 11 is 3.36. The van der Waals surface area contributed by atoms with Crippen LogP contribution in [0.4, 0.5) is 0 Å². The van der Waals surface area contributed by atoms with Crippen molar-refractivity contribution in [1.82, 2.24) is 19.9 Å². The third-order valence-corrected chi connectivity index (χ3v) is 8.65. The van der Waals surface area contributed by atoms with E-state index in [-0.39, 0.29) is 12.0 Å². The molecule has 1 aliphatic rings. The maximum atomic E-state index is 13.0. The minimum atomic E-state index is -0.288. The number of thioether (sulfide) groups is 2. The number of hydrogen-bond donors (Lipinski definition) is 1. The summed E-state index contributed by atoms with van der Waals surface area (Å²) in [5.41, 5.74) is 6.87. The highest BCUT2D eigenvalue weighted by atomic mass is 32.2. The van der Waals surface area contributed by atoms with Crippen molar-refractivity contribution in [3.8, 4) is 0 Å². The van der Waals surface area contributed by atoms with Crippen molar-refractivity contribution in [3.05, 3.63) is 83.2 Å². The van der Waals surface area contributed by atoms with Crippen molar-refractivity contribution < 1.29 is 9.53 Å². The number of nitrogens with one attached hydrogen (secondary N) is 1. The molecule has 0 aliphatic carbocycles. The highest BCUT2D eigenvalue weighted by molar-refractivity contribution is 7.99. The molecule has 0 bridgehead atoms. The summed E-state index contributed by atoms with van der Waals surface area (Å²) in [5, 5.41) is 0.892. The monoisotopic (exact) mass is 518 g/mol. The fourth-order valence-corrected chi connectivity index (χ4v) is 6.59. The number of carbonyl (C=O) groups is 1. The van der Waals surface area contributed by atoms with E-state index in [1.165, 1.54) is 11.1 Å². The van der Waals surface area contributed by atoms with E-state index in [0.717, 1.165) is 57.6 Å². The maximum Gasteiger partial charge on any atom is 0.324 e. The van der Waals surface area contributed by atoms with Gasteiger partial charge in [0.25, 0.3) is 0 Å². The number of nitrogens with zero attached hydrogens (tertiary/aromatic N) is 3. The minimum absolute atomic E-state index is 0.142. The third kappa shape index (κ3) is 5.61. The number of benzene rings is 2. The zero-order valence-electron chi connectivity index (χ0n) is 20.6. The van der Waals surface area contributed by atoms with Crippen LogP contribution in [-0.2, 0) is 28.2 Å². The quantitative estimate of drug-likeness (QED) is 0.227. The first-order chi connectivity index (χ1) is 17.6. The topological polar surface area (TPSA) is 71.1 Å². The van der Waals surface area contributed by atoms with Crippen molar-refractivity contribution in [2.45, 2.75) is 48.7 Å². The van der Waals surface area contributed by atoms with Crippen LogP contribution in [0.3, 0.4) is 0 Å². The number of fused-ring (bicyclic) bond motifs is 2. The van der Waals surface area contributed by atoms with E-state index < -0.39 is 0 Å². The lowest BCUT2D eigenvalue weighted by atomic mass is 9.99. The van der Waals surface area contributed by atoms with Crippen LogP contribution in [0.15, 0.2) is 70.8 Å². The van der Waals surface area contributed by atoms with E-state index in [2.05, 4.69) is 51.0 Å². The maximum absolute atomic E-state index is 13.0. The summed E-state index contributed by atoms with van der Waals surface area (Å²) in [6, 6.07) is 18.3. The van der Waals surface area contributed by atoms with Gasteiger partial charge < -0.3 is 9.72 Å². The molecule has 4 aromatic rings. The van der Waals surface area contributed by atoms with Crippen LogP contribution in [0.1, 0.15) is 29.3 Å². The van der Waals surface area contributed by atoms with Gasteiger partial charge in [-0.05, 0) is 55.2 Å². The van der Waals surface area contributed by atoms with Crippen LogP contribution in [-0.4, -0.2) is 50.8 Å². The molecule has 0 saturated carbocycles. The molecule has 3 heterocycles. The zero-order valence-corrected chi connectivity index (χ0v) is 22.2. The molecule has 36 heavy (non-hydrogen) atoms. The zero-order chi connectivity index (χ0) is 24.9. The normalized spacial score (nSPS) is 14.5. The molecule has 1 aliphatic heterocycles. The Morgan fingerprint density at radius 1 is 1.11 bits per heavy atom. The molecule has 2 aromatic heterocycles. The van der Waals surface area contributed by atoms with Crippen LogP contribution in [0.2, 0.25) is 0 Å². The van der Waals surface area contributed by atoms with Crippen LogP contribution in [0.25, 0.3) is 11.0 Å². The molecule has 186 valence electrons. The minimum Gasteiger partial charge on any atom is -0.465 e. The number of ether oxygens (including phenoxy) is 1. The standard InChI is InChI=1S/C28H30N4O2S2/c1-3-34-27(33)25(32-15-13-20-8-4-5-9-21(20)16-32)18-35-26-12-14-29-24(19(26)2)17-36-28-30-22-10-6-7-11-23(22)31-28/h4-12,14,25H,3,13,15-18H2,1-2H3,(H,30,31). The Hall–Kier alpha value is -2.81. The number of pyridine rings is 1. The van der Waals surface area contributed by atoms with Gasteiger partial charge in [0.2, 0.25) is 0 Å². The van der Waals surface area contributed by atoms with Gasteiger partial charge in [0.1, 0.15) is 6.04 Å². The molecule has 0 fully saturated rings. The fourth-order valence-electron chi connectivity index (χ4n) is 4.51. The molecule has 0 spiro atoms. The van der Waals surface area contributed by atoms with E-state index in [1.807, 2.05) is 43.5 Å². The molecule has 6 nitrogen and oxygen atoms in total. The molecule has 1 N–H and O–H groups in total. The highest BCUT2D eigenvalue weighted by Crippen LogP contribution is 2.30. The number of carbonyl (C=O) groups excluding carboxylic acids is 1. The van der Waals surface area contributed by atoms with E-state index in [9.17, 15) is 4.79 Å². The largest absolute Gasteiger partial charge is 0.465 e. The Morgan fingerprint density at radius 2 is 1.92 bits per heavy atom. The number of para-hydroxylation sites is 2. The van der Waals surface area contributed by atoms with Gasteiger partial charge in [0, 0.05) is 35.7 Å². The molecule has 0 radical (unpaired) electrons. The first-order valence-electron chi connectivity index (χ1n) is 12.2. The van der Waals surface area contributed by atoms with Crippen LogP contribution in [0, 0.1) is 6.92 Å². The molecule has 2 aromatic carbocycles. The first-order valence-corrected chi connectivity index (χ1v) is 14.2. The second kappa shape index (κ2) is 11.5. The summed E-state index contributed by atoms with van der Waals surface area (Å²) < 4.78 is 5.48. The third-order valence-electron chi connectivity index (χ3n) is 6.53. The molecule has 5 rings (SSSR count). The van der Waals surface area contributed by atoms with Gasteiger partial charge in [-0.2, -0.15) is 0 Å². The van der Waals surface area contributed by atoms with Gasteiger partial charge >= 0.3 is 5.97 Å². The molecule has 1 unspecified atom stereocenters. The van der Waals surface area contributed by atoms with Crippen molar-refractivity contribution in [3.63, 3.8) is 0 Å². The van der Waals surface area contributed by atoms with Crippen molar-refractivity contribution in [2.24, 2.45) is 0 Å². The molecule has 0 saturated heterocycles. The average Bonchev–Trinajstić information content (AvgIpc) is 3.32. The molecule has 8 heteroatoms. The molecule has 0 amide bonds. The Morgan fingerprint density at radius 3 is 2.75 bits per heavy atom. The van der Waals surface area contributed by atoms with E-state index >= 15 is 0 Å². The summed E-state index contributed by atoms with van der Waals surface area (Å²) in [5.74, 6) is 1.23. The van der Waals surface area contributed by atoms with E-state index in [1.54, 1.807) is 23.5 Å². The lowest BCUT2D eigenvalue weighted by Crippen LogP contribution is -2.46. The van der Waals surface area contributed by atoms with Gasteiger partial charge in [-0.3, -0.25) is 14.7 Å². The van der Waals surface area contributed by atoms with Gasteiger partial charge in [-0.15, -0.1) is 11.8 Å². The number of imidazole rings is 1. The number of hydrogen-bond acceptors (Lipinski definition) is 7. The van der Waals surface area contributed by atoms with Gasteiger partial charge in [0.05, 0.1) is 23.3 Å². The van der Waals surface area contributed by atoms with Gasteiger partial charge in [-0.25, -0.2) is 4.98 Å². The van der Waals surface area contributed by atoms with E-state index in [0.29, 0.717) is 12.4 Å². The Bertz CT molecular complexity index is 1320. The second-order valence-electron chi connectivity index (χ2n) is 8.80. The smallest absolute Gasteiger partial charge is 0.324 e. The van der Waals surface area contributed by atoms with Crippen LogP contribution in [0.5, 0.6) is 0 Å². The lowest BCUT2D eigenvalue weighted by molar-refractivity contribution is -0.149. The Labute approximate surface area is 220 Å². The van der Waals surface area contributed by atoms with Crippen LogP contribution >= 0.6 is 23.5 Å². The van der Waals surface area contributed by atoms with Crippen LogP contribution < -0.4 is 0 Å².